The summed E-state index contributed by atoms with van der Waals surface area (Å²) in [6, 6.07) is 0.484. The average Bonchev–Trinajstić information content (AvgIpc) is 2.71. The van der Waals surface area contributed by atoms with Gasteiger partial charge in [0.15, 0.2) is 5.41 Å². The summed E-state index contributed by atoms with van der Waals surface area (Å²) in [6.07, 6.45) is 6.12. The summed E-state index contributed by atoms with van der Waals surface area (Å²) in [4.78, 5) is 52.7. The Bertz CT molecular complexity index is 1040. The SMILES string of the molecule is C[C@@H]1CN2c3cnc(-c4cncnc4)cc3CC3(C(=O)NC(=O)NC3=O)[C@H]2[C@H](C)O1. The molecule has 0 unspecified atom stereocenters. The number of rotatable bonds is 1. The third-order valence-corrected chi connectivity index (χ3v) is 6.05. The Labute approximate surface area is 172 Å². The van der Waals surface area contributed by atoms with E-state index >= 15 is 0 Å². The molecular formula is C20H20N6O4. The van der Waals surface area contributed by atoms with Crippen LogP contribution < -0.4 is 15.5 Å². The molecule has 1 spiro atoms. The van der Waals surface area contributed by atoms with Crippen molar-refractivity contribution in [3.05, 3.63) is 36.5 Å². The molecule has 10 nitrogen and oxygen atoms in total. The second-order valence-electron chi connectivity index (χ2n) is 7.96. The number of ether oxygens (including phenoxy) is 1. The molecule has 30 heavy (non-hydrogen) atoms. The van der Waals surface area contributed by atoms with Gasteiger partial charge in [-0.2, -0.15) is 0 Å². The summed E-state index contributed by atoms with van der Waals surface area (Å²) in [6.45, 7) is 4.29. The Morgan fingerprint density at radius 3 is 2.50 bits per heavy atom. The number of urea groups is 1. The van der Waals surface area contributed by atoms with Gasteiger partial charge >= 0.3 is 6.03 Å². The zero-order valence-corrected chi connectivity index (χ0v) is 16.5. The van der Waals surface area contributed by atoms with Crippen LogP contribution in [0.25, 0.3) is 11.3 Å². The number of hydrogen-bond acceptors (Lipinski definition) is 8. The Kier molecular flexibility index (Phi) is 4.07. The number of morpholine rings is 1. The quantitative estimate of drug-likeness (QED) is 0.651. The number of fused-ring (bicyclic) bond motifs is 4. The van der Waals surface area contributed by atoms with E-state index in [0.29, 0.717) is 12.2 Å². The summed E-state index contributed by atoms with van der Waals surface area (Å²) in [5.41, 5.74) is 1.52. The number of aromatic nitrogens is 3. The van der Waals surface area contributed by atoms with Crippen LogP contribution in [0.5, 0.6) is 0 Å². The first-order valence-corrected chi connectivity index (χ1v) is 9.73. The van der Waals surface area contributed by atoms with Crippen molar-refractivity contribution in [2.75, 3.05) is 11.4 Å². The molecule has 2 N–H and O–H groups in total. The van der Waals surface area contributed by atoms with Crippen LogP contribution in [0.15, 0.2) is 31.0 Å². The molecule has 5 heterocycles. The molecule has 0 saturated carbocycles. The number of carbonyl (C=O) groups excluding carboxylic acids is 3. The summed E-state index contributed by atoms with van der Waals surface area (Å²) < 4.78 is 5.99. The van der Waals surface area contributed by atoms with E-state index in [0.717, 1.165) is 16.8 Å². The third-order valence-electron chi connectivity index (χ3n) is 6.05. The van der Waals surface area contributed by atoms with Gasteiger partial charge in [0.1, 0.15) is 6.33 Å². The number of pyridine rings is 1. The van der Waals surface area contributed by atoms with Crippen molar-refractivity contribution in [3.63, 3.8) is 0 Å². The first kappa shape index (κ1) is 18.6. The van der Waals surface area contributed by atoms with Gasteiger partial charge in [-0.1, -0.05) is 0 Å². The van der Waals surface area contributed by atoms with Crippen LogP contribution in [0.3, 0.4) is 0 Å². The Morgan fingerprint density at radius 1 is 1.10 bits per heavy atom. The molecule has 4 amide bonds. The molecular weight excluding hydrogens is 388 g/mol. The fourth-order valence-electron chi connectivity index (χ4n) is 4.92. The molecule has 2 aromatic heterocycles. The van der Waals surface area contributed by atoms with Crippen LogP contribution in [0.4, 0.5) is 10.5 Å². The van der Waals surface area contributed by atoms with E-state index < -0.39 is 35.4 Å². The van der Waals surface area contributed by atoms with Crippen LogP contribution in [0, 0.1) is 5.41 Å². The zero-order chi connectivity index (χ0) is 21.0. The van der Waals surface area contributed by atoms with Crippen molar-refractivity contribution in [1.82, 2.24) is 25.6 Å². The Hall–Kier alpha value is -3.40. The van der Waals surface area contributed by atoms with Crippen molar-refractivity contribution in [1.29, 1.82) is 0 Å². The lowest BCUT2D eigenvalue weighted by molar-refractivity contribution is -0.153. The molecule has 2 fully saturated rings. The van der Waals surface area contributed by atoms with Crippen molar-refractivity contribution < 1.29 is 19.1 Å². The smallest absolute Gasteiger partial charge is 0.328 e. The minimum Gasteiger partial charge on any atom is -0.372 e. The highest BCUT2D eigenvalue weighted by Gasteiger charge is 2.62. The van der Waals surface area contributed by atoms with E-state index in [4.69, 9.17) is 4.74 Å². The summed E-state index contributed by atoms with van der Waals surface area (Å²) in [5, 5.41) is 4.57. The van der Waals surface area contributed by atoms with Crippen molar-refractivity contribution in [2.45, 2.75) is 38.5 Å². The number of carbonyl (C=O) groups is 3. The lowest BCUT2D eigenvalue weighted by Gasteiger charge is -2.55. The van der Waals surface area contributed by atoms with E-state index in [1.807, 2.05) is 24.8 Å². The molecule has 3 atom stereocenters. The maximum Gasteiger partial charge on any atom is 0.328 e. The van der Waals surface area contributed by atoms with Gasteiger partial charge in [0, 0.05) is 30.9 Å². The molecule has 2 saturated heterocycles. The zero-order valence-electron chi connectivity index (χ0n) is 16.5. The number of nitrogens with one attached hydrogen (secondary N) is 2. The van der Waals surface area contributed by atoms with Crippen LogP contribution in [0.2, 0.25) is 0 Å². The molecule has 3 aliphatic heterocycles. The van der Waals surface area contributed by atoms with E-state index in [-0.39, 0.29) is 12.5 Å². The predicted octanol–water partition coefficient (Wildman–Crippen LogP) is 0.429. The van der Waals surface area contributed by atoms with Crippen molar-refractivity contribution >= 4 is 23.5 Å². The van der Waals surface area contributed by atoms with Gasteiger partial charge in [0.2, 0.25) is 11.8 Å². The molecule has 0 bridgehead atoms. The topological polar surface area (TPSA) is 126 Å². The first-order valence-electron chi connectivity index (χ1n) is 9.73. The molecule has 5 rings (SSSR count). The normalized spacial score (nSPS) is 27.2. The summed E-state index contributed by atoms with van der Waals surface area (Å²) in [7, 11) is 0. The highest BCUT2D eigenvalue weighted by Crippen LogP contribution is 2.46. The van der Waals surface area contributed by atoms with Gasteiger partial charge in [0.05, 0.1) is 35.8 Å². The van der Waals surface area contributed by atoms with Gasteiger partial charge in [-0.15, -0.1) is 0 Å². The molecule has 2 aromatic rings. The lowest BCUT2D eigenvalue weighted by atomic mass is 9.66. The Morgan fingerprint density at radius 2 is 1.80 bits per heavy atom. The third kappa shape index (κ3) is 2.60. The molecule has 10 heteroatoms. The van der Waals surface area contributed by atoms with E-state index in [1.165, 1.54) is 6.33 Å². The average molecular weight is 408 g/mol. The minimum absolute atomic E-state index is 0.0993. The number of nitrogens with zero attached hydrogens (tertiary/aromatic N) is 4. The number of anilines is 1. The number of barbiturate groups is 1. The second kappa shape index (κ2) is 6.56. The van der Waals surface area contributed by atoms with E-state index in [2.05, 4.69) is 25.6 Å². The highest BCUT2D eigenvalue weighted by atomic mass is 16.5. The standard InChI is InChI=1S/C20H20N6O4/c1-10-8-26-15-7-23-14(13-5-21-9-22-6-13)3-12(15)4-20(16(26)11(2)30-10)17(27)24-19(29)25-18(20)28/h3,5-7,9-11,16H,4,8H2,1-2H3,(H2,24,25,27,28,29)/t10-,11+,16-/m1/s1. The van der Waals surface area contributed by atoms with Crippen LogP contribution in [0.1, 0.15) is 19.4 Å². The van der Waals surface area contributed by atoms with Crippen molar-refractivity contribution in [3.8, 4) is 11.3 Å². The van der Waals surface area contributed by atoms with Gasteiger partial charge in [0.25, 0.3) is 0 Å². The van der Waals surface area contributed by atoms with E-state index in [9.17, 15) is 14.4 Å². The minimum atomic E-state index is -1.49. The highest BCUT2D eigenvalue weighted by molar-refractivity contribution is 6.20. The fourth-order valence-corrected chi connectivity index (χ4v) is 4.92. The van der Waals surface area contributed by atoms with Crippen LogP contribution in [-0.2, 0) is 20.7 Å². The number of imide groups is 2. The first-order chi connectivity index (χ1) is 14.4. The lowest BCUT2D eigenvalue weighted by Crippen LogP contribution is -2.75. The molecule has 0 aliphatic carbocycles. The summed E-state index contributed by atoms with van der Waals surface area (Å²) >= 11 is 0. The van der Waals surface area contributed by atoms with Gasteiger partial charge in [-0.3, -0.25) is 25.2 Å². The maximum absolute atomic E-state index is 13.1. The molecule has 0 radical (unpaired) electrons. The Balaban J connectivity index is 1.68. The number of amides is 4. The molecule has 154 valence electrons. The van der Waals surface area contributed by atoms with Crippen molar-refractivity contribution in [2.24, 2.45) is 5.41 Å². The molecule has 3 aliphatic rings. The summed E-state index contributed by atoms with van der Waals surface area (Å²) in [5.74, 6) is -1.22. The predicted molar refractivity (Wildman–Crippen MR) is 104 cm³/mol. The fraction of sp³-hybridized carbons (Fsp3) is 0.400. The maximum atomic E-state index is 13.1. The van der Waals surface area contributed by atoms with Crippen LogP contribution >= 0.6 is 0 Å². The second-order valence-corrected chi connectivity index (χ2v) is 7.96. The monoisotopic (exact) mass is 408 g/mol. The van der Waals surface area contributed by atoms with E-state index in [1.54, 1.807) is 18.6 Å². The van der Waals surface area contributed by atoms with Crippen LogP contribution in [-0.4, -0.2) is 57.6 Å². The number of hydrogen-bond donors (Lipinski definition) is 2. The van der Waals surface area contributed by atoms with Gasteiger partial charge < -0.3 is 9.64 Å². The van der Waals surface area contributed by atoms with Gasteiger partial charge in [-0.05, 0) is 25.5 Å². The molecule has 0 aromatic carbocycles. The largest absolute Gasteiger partial charge is 0.372 e. The van der Waals surface area contributed by atoms with Gasteiger partial charge in [-0.25, -0.2) is 14.8 Å².